The van der Waals surface area contributed by atoms with Crippen LogP contribution in [0, 0.1) is 0 Å². The monoisotopic (exact) mass is 166 g/mol. The van der Waals surface area contributed by atoms with Crippen LogP contribution in [0.1, 0.15) is 0 Å². The van der Waals surface area contributed by atoms with E-state index in [1.54, 1.807) is 24.3 Å². The summed E-state index contributed by atoms with van der Waals surface area (Å²) in [5.41, 5.74) is 6.76. The van der Waals surface area contributed by atoms with Crippen molar-refractivity contribution in [2.75, 3.05) is 17.6 Å². The van der Waals surface area contributed by atoms with Gasteiger partial charge in [-0.25, -0.2) is 0 Å². The molecule has 4 nitrogen and oxygen atoms in total. The summed E-state index contributed by atoms with van der Waals surface area (Å²) in [7, 11) is 0. The molecule has 0 saturated carbocycles. The van der Waals surface area contributed by atoms with E-state index >= 15 is 0 Å². The second-order valence-electron chi connectivity index (χ2n) is 2.33. The molecule has 0 radical (unpaired) electrons. The molecule has 0 spiro atoms. The summed E-state index contributed by atoms with van der Waals surface area (Å²) in [5, 5.41) is 11.1. The molecule has 0 saturated heterocycles. The lowest BCUT2D eigenvalue weighted by atomic mass is 10.3. The zero-order valence-corrected chi connectivity index (χ0v) is 6.45. The number of hydrogen-bond donors (Lipinski definition) is 3. The third kappa shape index (κ3) is 2.16. The Kier molecular flexibility index (Phi) is 2.53. The van der Waals surface area contributed by atoms with E-state index in [9.17, 15) is 4.79 Å². The molecule has 0 bridgehead atoms. The summed E-state index contributed by atoms with van der Waals surface area (Å²) >= 11 is 0. The normalized spacial score (nSPS) is 9.33. The highest BCUT2D eigenvalue weighted by Crippen LogP contribution is 2.15. The van der Waals surface area contributed by atoms with Crippen molar-refractivity contribution in [2.45, 2.75) is 0 Å². The second kappa shape index (κ2) is 3.61. The summed E-state index contributed by atoms with van der Waals surface area (Å²) < 4.78 is 0. The molecule has 0 aliphatic heterocycles. The fourth-order valence-corrected chi connectivity index (χ4v) is 0.829. The first-order valence-electron chi connectivity index (χ1n) is 3.50. The number of rotatable bonds is 3. The van der Waals surface area contributed by atoms with Crippen LogP contribution >= 0.6 is 0 Å². The van der Waals surface area contributed by atoms with Crippen LogP contribution in [0.3, 0.4) is 0 Å². The van der Waals surface area contributed by atoms with Crippen LogP contribution in [0.5, 0.6) is 0 Å². The maximum atomic E-state index is 10.2. The number of carboxylic acid groups (broad SMARTS) is 1. The number of anilines is 2. The third-order valence-corrected chi connectivity index (χ3v) is 1.39. The Balaban J connectivity index is 2.63. The van der Waals surface area contributed by atoms with Gasteiger partial charge in [0.2, 0.25) is 0 Å². The third-order valence-electron chi connectivity index (χ3n) is 1.39. The molecule has 0 unspecified atom stereocenters. The number of hydrogen-bond acceptors (Lipinski definition) is 3. The van der Waals surface area contributed by atoms with Crippen molar-refractivity contribution < 1.29 is 9.90 Å². The van der Waals surface area contributed by atoms with E-state index in [1.165, 1.54) is 0 Å². The molecule has 0 fully saturated rings. The average Bonchev–Trinajstić information content (AvgIpc) is 2.03. The van der Waals surface area contributed by atoms with Gasteiger partial charge in [-0.3, -0.25) is 4.79 Å². The highest BCUT2D eigenvalue weighted by molar-refractivity contribution is 5.75. The van der Waals surface area contributed by atoms with Crippen LogP contribution in [0.2, 0.25) is 0 Å². The molecule has 12 heavy (non-hydrogen) atoms. The van der Waals surface area contributed by atoms with E-state index in [-0.39, 0.29) is 6.54 Å². The largest absolute Gasteiger partial charge is 0.480 e. The van der Waals surface area contributed by atoms with Crippen LogP contribution in [0.4, 0.5) is 11.4 Å². The quantitative estimate of drug-likeness (QED) is 0.579. The highest BCUT2D eigenvalue weighted by atomic mass is 16.4. The lowest BCUT2D eigenvalue weighted by Gasteiger charge is -2.05. The lowest BCUT2D eigenvalue weighted by Crippen LogP contribution is -2.13. The van der Waals surface area contributed by atoms with Gasteiger partial charge >= 0.3 is 5.97 Å². The number of nitrogen functional groups attached to an aromatic ring is 1. The number of carboxylic acids is 1. The Morgan fingerprint density at radius 2 is 2.17 bits per heavy atom. The molecule has 4 heteroatoms. The SMILES string of the molecule is Nc1ccccc1NCC(=O)O. The summed E-state index contributed by atoms with van der Waals surface area (Å²) in [6.07, 6.45) is 0. The summed E-state index contributed by atoms with van der Waals surface area (Å²) in [6, 6.07) is 7.03. The van der Waals surface area contributed by atoms with Gasteiger partial charge in [0, 0.05) is 0 Å². The maximum Gasteiger partial charge on any atom is 0.322 e. The van der Waals surface area contributed by atoms with E-state index in [2.05, 4.69) is 5.32 Å². The van der Waals surface area contributed by atoms with Crippen molar-refractivity contribution in [2.24, 2.45) is 0 Å². The predicted octanol–water partition coefficient (Wildman–Crippen LogP) is 0.765. The van der Waals surface area contributed by atoms with Crippen LogP contribution in [-0.4, -0.2) is 17.6 Å². The van der Waals surface area contributed by atoms with Crippen molar-refractivity contribution in [3.05, 3.63) is 24.3 Å². The van der Waals surface area contributed by atoms with Gasteiger partial charge in [0.1, 0.15) is 6.54 Å². The minimum absolute atomic E-state index is 0.117. The van der Waals surface area contributed by atoms with E-state index < -0.39 is 5.97 Å². The first kappa shape index (κ1) is 8.39. The maximum absolute atomic E-state index is 10.2. The van der Waals surface area contributed by atoms with Crippen molar-refractivity contribution >= 4 is 17.3 Å². The fourth-order valence-electron chi connectivity index (χ4n) is 0.829. The predicted molar refractivity (Wildman–Crippen MR) is 47.0 cm³/mol. The van der Waals surface area contributed by atoms with E-state index in [4.69, 9.17) is 10.8 Å². The van der Waals surface area contributed by atoms with Crippen LogP contribution < -0.4 is 11.1 Å². The molecule has 1 rings (SSSR count). The number of carbonyl (C=O) groups is 1. The van der Waals surface area contributed by atoms with Crippen LogP contribution in [-0.2, 0) is 4.79 Å². The molecule has 0 aliphatic rings. The highest BCUT2D eigenvalue weighted by Gasteiger charge is 1.98. The molecule has 0 atom stereocenters. The van der Waals surface area contributed by atoms with Gasteiger partial charge in [0.25, 0.3) is 0 Å². The van der Waals surface area contributed by atoms with Crippen LogP contribution in [0.15, 0.2) is 24.3 Å². The van der Waals surface area contributed by atoms with Gasteiger partial charge in [0.15, 0.2) is 0 Å². The molecular weight excluding hydrogens is 156 g/mol. The molecule has 0 amide bonds. The van der Waals surface area contributed by atoms with E-state index in [0.717, 1.165) is 0 Å². The van der Waals surface area contributed by atoms with Crippen molar-refractivity contribution in [3.63, 3.8) is 0 Å². The van der Waals surface area contributed by atoms with Crippen molar-refractivity contribution in [3.8, 4) is 0 Å². The Morgan fingerprint density at radius 3 is 2.75 bits per heavy atom. The summed E-state index contributed by atoms with van der Waals surface area (Å²) in [4.78, 5) is 10.2. The molecule has 4 N–H and O–H groups in total. The van der Waals surface area contributed by atoms with Crippen LogP contribution in [0.25, 0.3) is 0 Å². The van der Waals surface area contributed by atoms with Crippen molar-refractivity contribution in [1.29, 1.82) is 0 Å². The molecule has 1 aromatic carbocycles. The minimum atomic E-state index is -0.904. The second-order valence-corrected chi connectivity index (χ2v) is 2.33. The van der Waals surface area contributed by atoms with E-state index in [0.29, 0.717) is 11.4 Å². The molecular formula is C8H10N2O2. The zero-order valence-electron chi connectivity index (χ0n) is 6.45. The first-order chi connectivity index (χ1) is 5.70. The molecule has 1 aromatic rings. The zero-order chi connectivity index (χ0) is 8.97. The topological polar surface area (TPSA) is 75.3 Å². The fraction of sp³-hybridized carbons (Fsp3) is 0.125. The number of aliphatic carboxylic acids is 1. The number of nitrogens with two attached hydrogens (primary N) is 1. The smallest absolute Gasteiger partial charge is 0.322 e. The Hall–Kier alpha value is -1.71. The average molecular weight is 166 g/mol. The lowest BCUT2D eigenvalue weighted by molar-refractivity contribution is -0.134. The molecule has 0 heterocycles. The van der Waals surface area contributed by atoms with Gasteiger partial charge in [-0.1, -0.05) is 12.1 Å². The van der Waals surface area contributed by atoms with Gasteiger partial charge in [0.05, 0.1) is 11.4 Å². The number of nitrogens with one attached hydrogen (secondary N) is 1. The Bertz CT molecular complexity index is 286. The van der Waals surface area contributed by atoms with Crippen molar-refractivity contribution in [1.82, 2.24) is 0 Å². The van der Waals surface area contributed by atoms with Gasteiger partial charge in [-0.2, -0.15) is 0 Å². The standard InChI is InChI=1S/C8H10N2O2/c9-6-3-1-2-4-7(6)10-5-8(11)12/h1-4,10H,5,9H2,(H,11,12). The first-order valence-corrected chi connectivity index (χ1v) is 3.50. The summed E-state index contributed by atoms with van der Waals surface area (Å²) in [5.74, 6) is -0.904. The summed E-state index contributed by atoms with van der Waals surface area (Å²) in [6.45, 7) is -0.117. The number of para-hydroxylation sites is 2. The molecule has 0 aromatic heterocycles. The van der Waals surface area contributed by atoms with Gasteiger partial charge in [-0.05, 0) is 12.1 Å². The Morgan fingerprint density at radius 1 is 1.50 bits per heavy atom. The molecule has 64 valence electrons. The molecule has 0 aliphatic carbocycles. The minimum Gasteiger partial charge on any atom is -0.480 e. The van der Waals surface area contributed by atoms with Gasteiger partial charge in [-0.15, -0.1) is 0 Å². The Labute approximate surface area is 70.0 Å². The number of benzene rings is 1. The van der Waals surface area contributed by atoms with E-state index in [1.807, 2.05) is 0 Å². The van der Waals surface area contributed by atoms with Gasteiger partial charge < -0.3 is 16.2 Å².